The molecule has 0 saturated heterocycles. The molecule has 1 aliphatic carbocycles. The number of rotatable bonds is 0. The highest BCUT2D eigenvalue weighted by molar-refractivity contribution is 5.83. The van der Waals surface area contributed by atoms with Gasteiger partial charge in [-0.1, -0.05) is 24.3 Å². The van der Waals surface area contributed by atoms with Gasteiger partial charge in [-0.3, -0.25) is 14.4 Å². The lowest BCUT2D eigenvalue weighted by atomic mass is 10.1. The van der Waals surface area contributed by atoms with Crippen LogP contribution in [0.5, 0.6) is 0 Å². The summed E-state index contributed by atoms with van der Waals surface area (Å²) in [4.78, 5) is 40.9. The molecule has 0 saturated carbocycles. The highest BCUT2D eigenvalue weighted by atomic mass is 16.1. The van der Waals surface area contributed by atoms with Crippen LogP contribution in [0.1, 0.15) is 0 Å². The Hall–Kier alpha value is -3.09. The summed E-state index contributed by atoms with van der Waals surface area (Å²) >= 11 is 0. The molecule has 0 unspecified atom stereocenters. The van der Waals surface area contributed by atoms with Crippen LogP contribution in [0.4, 0.5) is 5.95 Å². The van der Waals surface area contributed by atoms with Crippen molar-refractivity contribution < 1.29 is 0 Å². The molecule has 4 rings (SSSR count). The number of nitrogen functional groups attached to an aromatic ring is 1. The van der Waals surface area contributed by atoms with Gasteiger partial charge in [0.15, 0.2) is 16.5 Å². The first kappa shape index (κ1) is 10.8. The van der Waals surface area contributed by atoms with Crippen molar-refractivity contribution in [3.8, 4) is 0 Å². The standard InChI is InChI=1S/C13H6N4O3/c14-13-15-11-7-8(12(20)17(11)16-13)10(19)6-4-2-1-3-5(6)9(7)18/h1-4H,(H2,14,16). The van der Waals surface area contributed by atoms with Crippen LogP contribution in [0.25, 0.3) is 16.4 Å². The molecule has 2 aromatic rings. The Labute approximate surface area is 109 Å². The highest BCUT2D eigenvalue weighted by Gasteiger charge is 2.18. The van der Waals surface area contributed by atoms with Crippen LogP contribution in [0.3, 0.4) is 0 Å². The molecule has 0 bridgehead atoms. The van der Waals surface area contributed by atoms with E-state index < -0.39 is 16.4 Å². The zero-order valence-electron chi connectivity index (χ0n) is 9.95. The minimum Gasteiger partial charge on any atom is -0.366 e. The number of aromatic nitrogens is 3. The molecule has 2 aliphatic rings. The molecule has 7 heteroatoms. The third kappa shape index (κ3) is 1.07. The molecule has 96 valence electrons. The van der Waals surface area contributed by atoms with E-state index in [9.17, 15) is 14.4 Å². The SMILES string of the molecule is Nc1nc2c3c(=O)c4ccccc4c(=O)c=3c(=O)n2n1. The monoisotopic (exact) mass is 266 g/mol. The Morgan fingerprint density at radius 3 is 2.20 bits per heavy atom. The van der Waals surface area contributed by atoms with Crippen LogP contribution in [0.2, 0.25) is 0 Å². The second-order valence-electron chi connectivity index (χ2n) is 4.46. The van der Waals surface area contributed by atoms with E-state index in [0.29, 0.717) is 0 Å². The van der Waals surface area contributed by atoms with Gasteiger partial charge in [0.05, 0.1) is 5.22 Å². The molecule has 0 amide bonds. The quantitative estimate of drug-likeness (QED) is 0.444. The Kier molecular flexibility index (Phi) is 1.76. The van der Waals surface area contributed by atoms with Crippen molar-refractivity contribution in [2.75, 3.05) is 5.73 Å². The summed E-state index contributed by atoms with van der Waals surface area (Å²) in [6.07, 6.45) is 0. The molecule has 2 N–H and O–H groups in total. The maximum Gasteiger partial charge on any atom is 0.285 e. The lowest BCUT2D eigenvalue weighted by molar-refractivity contribution is 0.936. The van der Waals surface area contributed by atoms with Crippen LogP contribution in [-0.2, 0) is 0 Å². The number of benzene rings is 1. The van der Waals surface area contributed by atoms with Crippen molar-refractivity contribution in [3.05, 3.63) is 65.5 Å². The van der Waals surface area contributed by atoms with Gasteiger partial charge in [0.25, 0.3) is 5.56 Å². The third-order valence-corrected chi connectivity index (χ3v) is 3.37. The molecule has 2 heterocycles. The minimum atomic E-state index is -0.660. The highest BCUT2D eigenvalue weighted by Crippen LogP contribution is 2.08. The molecule has 0 fully saturated rings. The number of nitrogens with zero attached hydrogens (tertiary/aromatic N) is 3. The topological polar surface area (TPSA) is 107 Å². The number of anilines is 1. The minimum absolute atomic E-state index is 0.0112. The molecular weight excluding hydrogens is 260 g/mol. The molecule has 1 aliphatic heterocycles. The van der Waals surface area contributed by atoms with Crippen molar-refractivity contribution in [2.45, 2.75) is 0 Å². The van der Waals surface area contributed by atoms with Gasteiger partial charge in [0, 0.05) is 10.8 Å². The van der Waals surface area contributed by atoms with Crippen molar-refractivity contribution in [1.29, 1.82) is 0 Å². The van der Waals surface area contributed by atoms with Crippen LogP contribution < -0.4 is 22.2 Å². The Morgan fingerprint density at radius 1 is 0.950 bits per heavy atom. The average molecular weight is 266 g/mol. The zero-order valence-corrected chi connectivity index (χ0v) is 9.95. The number of fused-ring (bicyclic) bond motifs is 3. The fraction of sp³-hybridized carbons (Fsp3) is 0. The second-order valence-corrected chi connectivity index (χ2v) is 4.46. The maximum absolute atomic E-state index is 12.5. The zero-order chi connectivity index (χ0) is 14.0. The number of nitrogens with two attached hydrogens (primary N) is 1. The third-order valence-electron chi connectivity index (χ3n) is 3.37. The van der Waals surface area contributed by atoms with E-state index in [2.05, 4.69) is 10.1 Å². The van der Waals surface area contributed by atoms with E-state index in [4.69, 9.17) is 5.73 Å². The summed E-state index contributed by atoms with van der Waals surface area (Å²) in [5.74, 6) is -0.112. The first-order valence-corrected chi connectivity index (χ1v) is 5.80. The Balaban J connectivity index is 2.58. The van der Waals surface area contributed by atoms with Crippen molar-refractivity contribution >= 4 is 22.4 Å². The van der Waals surface area contributed by atoms with Crippen molar-refractivity contribution in [2.24, 2.45) is 0 Å². The van der Waals surface area contributed by atoms with Gasteiger partial charge >= 0.3 is 0 Å². The summed E-state index contributed by atoms with van der Waals surface area (Å²) in [5, 5.41) is 4.02. The van der Waals surface area contributed by atoms with Crippen LogP contribution in [0, 0.1) is 10.4 Å². The van der Waals surface area contributed by atoms with E-state index in [1.807, 2.05) is 0 Å². The van der Waals surface area contributed by atoms with Crippen molar-refractivity contribution in [1.82, 2.24) is 14.6 Å². The predicted molar refractivity (Wildman–Crippen MR) is 71.4 cm³/mol. The fourth-order valence-electron chi connectivity index (χ4n) is 2.53. The fourth-order valence-corrected chi connectivity index (χ4v) is 2.53. The second kappa shape index (κ2) is 3.27. The lowest BCUT2D eigenvalue weighted by Gasteiger charge is -1.93. The van der Waals surface area contributed by atoms with Crippen LogP contribution >= 0.6 is 0 Å². The normalized spacial score (nSPS) is 11.8. The number of hydrogen-bond donors (Lipinski definition) is 1. The molecule has 1 aromatic carbocycles. The first-order chi connectivity index (χ1) is 9.59. The summed E-state index contributed by atoms with van der Waals surface area (Å²) in [6, 6.07) is 6.37. The summed E-state index contributed by atoms with van der Waals surface area (Å²) < 4.78 is 0.904. The van der Waals surface area contributed by atoms with E-state index in [0.717, 1.165) is 4.52 Å². The maximum atomic E-state index is 12.5. The van der Waals surface area contributed by atoms with Gasteiger partial charge in [-0.2, -0.15) is 9.50 Å². The first-order valence-electron chi connectivity index (χ1n) is 5.80. The molecule has 0 radical (unpaired) electrons. The lowest BCUT2D eigenvalue weighted by Crippen LogP contribution is -2.20. The molecule has 20 heavy (non-hydrogen) atoms. The smallest absolute Gasteiger partial charge is 0.285 e. The largest absolute Gasteiger partial charge is 0.366 e. The van der Waals surface area contributed by atoms with Gasteiger partial charge in [0.2, 0.25) is 5.95 Å². The van der Waals surface area contributed by atoms with Crippen LogP contribution in [0.15, 0.2) is 38.6 Å². The molecular formula is C13H6N4O3. The summed E-state index contributed by atoms with van der Waals surface area (Å²) in [5.41, 5.74) is 3.92. The number of hydrogen-bond acceptors (Lipinski definition) is 6. The van der Waals surface area contributed by atoms with Gasteiger partial charge in [-0.05, 0) is 0 Å². The van der Waals surface area contributed by atoms with Gasteiger partial charge in [-0.15, -0.1) is 5.10 Å². The van der Waals surface area contributed by atoms with Crippen LogP contribution in [-0.4, -0.2) is 14.6 Å². The van der Waals surface area contributed by atoms with E-state index in [-0.39, 0.29) is 32.8 Å². The summed E-state index contributed by atoms with van der Waals surface area (Å²) in [7, 11) is 0. The Morgan fingerprint density at radius 2 is 1.55 bits per heavy atom. The van der Waals surface area contributed by atoms with E-state index >= 15 is 0 Å². The van der Waals surface area contributed by atoms with Gasteiger partial charge < -0.3 is 5.73 Å². The van der Waals surface area contributed by atoms with Gasteiger partial charge in [-0.25, -0.2) is 0 Å². The molecule has 7 nitrogen and oxygen atoms in total. The van der Waals surface area contributed by atoms with E-state index in [1.165, 1.54) is 6.07 Å². The predicted octanol–water partition coefficient (Wildman–Crippen LogP) is -0.854. The van der Waals surface area contributed by atoms with Crippen molar-refractivity contribution in [3.63, 3.8) is 0 Å². The summed E-state index contributed by atoms with van der Waals surface area (Å²) in [6.45, 7) is 0. The molecule has 1 aromatic heterocycles. The van der Waals surface area contributed by atoms with Gasteiger partial charge in [0.1, 0.15) is 5.22 Å². The average Bonchev–Trinajstić information content (AvgIpc) is 2.94. The van der Waals surface area contributed by atoms with E-state index in [1.54, 1.807) is 18.2 Å². The molecule has 0 spiro atoms. The molecule has 0 atom stereocenters. The Bertz CT molecular complexity index is 1220.